The molecule has 20 heavy (non-hydrogen) atoms. The van der Waals surface area contributed by atoms with Gasteiger partial charge in [0.15, 0.2) is 0 Å². The lowest BCUT2D eigenvalue weighted by molar-refractivity contribution is 0.584. The van der Waals surface area contributed by atoms with Crippen molar-refractivity contribution < 1.29 is 0 Å². The SMILES string of the molecule is Cc1nn(C)c(N(CC2CC2)C2CC2)c1CNC(C)C. The lowest BCUT2D eigenvalue weighted by Crippen LogP contribution is -2.32. The molecule has 4 nitrogen and oxygen atoms in total. The normalized spacial score (nSPS) is 18.9. The first-order valence-electron chi connectivity index (χ1n) is 8.08. The van der Waals surface area contributed by atoms with Gasteiger partial charge >= 0.3 is 0 Å². The Morgan fingerprint density at radius 3 is 2.55 bits per heavy atom. The summed E-state index contributed by atoms with van der Waals surface area (Å²) in [6, 6.07) is 1.28. The molecule has 0 saturated heterocycles. The van der Waals surface area contributed by atoms with Crippen LogP contribution in [0.2, 0.25) is 0 Å². The van der Waals surface area contributed by atoms with E-state index in [1.54, 1.807) is 0 Å². The maximum absolute atomic E-state index is 4.68. The number of rotatable bonds is 7. The molecule has 2 fully saturated rings. The van der Waals surface area contributed by atoms with Crippen LogP contribution < -0.4 is 10.2 Å². The quantitative estimate of drug-likeness (QED) is 0.831. The Hall–Kier alpha value is -1.03. The number of nitrogens with one attached hydrogen (secondary N) is 1. The largest absolute Gasteiger partial charge is 0.353 e. The summed E-state index contributed by atoms with van der Waals surface area (Å²) in [5.74, 6) is 2.29. The second-order valence-corrected chi connectivity index (χ2v) is 6.87. The fraction of sp³-hybridized carbons (Fsp3) is 0.812. The van der Waals surface area contributed by atoms with Gasteiger partial charge in [0.1, 0.15) is 5.82 Å². The third-order valence-corrected chi connectivity index (χ3v) is 4.41. The van der Waals surface area contributed by atoms with E-state index >= 15 is 0 Å². The Labute approximate surface area is 122 Å². The third-order valence-electron chi connectivity index (χ3n) is 4.41. The molecule has 0 atom stereocenters. The molecule has 0 unspecified atom stereocenters. The predicted octanol–water partition coefficient (Wildman–Crippen LogP) is 2.61. The van der Waals surface area contributed by atoms with E-state index in [9.17, 15) is 0 Å². The van der Waals surface area contributed by atoms with E-state index in [0.717, 1.165) is 18.5 Å². The number of hydrogen-bond acceptors (Lipinski definition) is 3. The van der Waals surface area contributed by atoms with Crippen molar-refractivity contribution in [2.75, 3.05) is 11.4 Å². The van der Waals surface area contributed by atoms with E-state index in [0.29, 0.717) is 6.04 Å². The van der Waals surface area contributed by atoms with E-state index in [-0.39, 0.29) is 0 Å². The Kier molecular flexibility index (Phi) is 3.76. The second-order valence-electron chi connectivity index (χ2n) is 6.87. The fourth-order valence-electron chi connectivity index (χ4n) is 2.94. The standard InChI is InChI=1S/C16H28N4/c1-11(2)17-9-15-12(3)18-19(4)16(15)20(14-7-8-14)10-13-5-6-13/h11,13-14,17H,5-10H2,1-4H3. The highest BCUT2D eigenvalue weighted by atomic mass is 15.4. The monoisotopic (exact) mass is 276 g/mol. The lowest BCUT2D eigenvalue weighted by atomic mass is 10.2. The van der Waals surface area contributed by atoms with Crippen LogP contribution in [0, 0.1) is 12.8 Å². The smallest absolute Gasteiger partial charge is 0.131 e. The highest BCUT2D eigenvalue weighted by molar-refractivity contribution is 5.52. The van der Waals surface area contributed by atoms with Gasteiger partial charge in [-0.25, -0.2) is 0 Å². The molecular formula is C16H28N4. The second kappa shape index (κ2) is 5.40. The first-order chi connectivity index (χ1) is 9.56. The zero-order valence-corrected chi connectivity index (χ0v) is 13.3. The van der Waals surface area contributed by atoms with Gasteiger partial charge < -0.3 is 10.2 Å². The molecule has 1 N–H and O–H groups in total. The van der Waals surface area contributed by atoms with Gasteiger partial charge in [0.2, 0.25) is 0 Å². The molecule has 1 aromatic heterocycles. The number of aryl methyl sites for hydroxylation is 2. The Balaban J connectivity index is 1.84. The minimum Gasteiger partial charge on any atom is -0.353 e. The topological polar surface area (TPSA) is 33.1 Å². The summed E-state index contributed by atoms with van der Waals surface area (Å²) in [7, 11) is 2.10. The van der Waals surface area contributed by atoms with E-state index in [4.69, 9.17) is 0 Å². The molecule has 2 aliphatic carbocycles. The first kappa shape index (κ1) is 13.9. The van der Waals surface area contributed by atoms with Crippen LogP contribution in [-0.4, -0.2) is 28.4 Å². The minimum absolute atomic E-state index is 0.514. The van der Waals surface area contributed by atoms with Crippen LogP contribution in [0.3, 0.4) is 0 Å². The molecule has 0 aliphatic heterocycles. The average Bonchev–Trinajstić information content (AvgIpc) is 3.24. The van der Waals surface area contributed by atoms with Crippen LogP contribution in [0.1, 0.15) is 50.8 Å². The maximum Gasteiger partial charge on any atom is 0.131 e. The minimum atomic E-state index is 0.514. The highest BCUT2D eigenvalue weighted by Crippen LogP contribution is 2.39. The van der Waals surface area contributed by atoms with E-state index in [2.05, 4.69) is 47.8 Å². The third kappa shape index (κ3) is 3.00. The van der Waals surface area contributed by atoms with Gasteiger partial charge in [-0.3, -0.25) is 4.68 Å². The summed E-state index contributed by atoms with van der Waals surface area (Å²) < 4.78 is 2.10. The van der Waals surface area contributed by atoms with Crippen molar-refractivity contribution in [2.45, 2.75) is 65.1 Å². The Morgan fingerprint density at radius 1 is 1.30 bits per heavy atom. The van der Waals surface area contributed by atoms with Crippen LogP contribution in [-0.2, 0) is 13.6 Å². The summed E-state index contributed by atoms with van der Waals surface area (Å²) in [5, 5.41) is 8.24. The van der Waals surface area contributed by atoms with Crippen LogP contribution in [0.15, 0.2) is 0 Å². The zero-order valence-electron chi connectivity index (χ0n) is 13.3. The summed E-state index contributed by atoms with van der Waals surface area (Å²) >= 11 is 0. The van der Waals surface area contributed by atoms with E-state index < -0.39 is 0 Å². The average molecular weight is 276 g/mol. The zero-order chi connectivity index (χ0) is 14.3. The molecule has 0 amide bonds. The summed E-state index contributed by atoms with van der Waals surface area (Å²) in [5.41, 5.74) is 2.57. The van der Waals surface area contributed by atoms with Crippen LogP contribution in [0.5, 0.6) is 0 Å². The Morgan fingerprint density at radius 2 is 2.00 bits per heavy atom. The van der Waals surface area contributed by atoms with Crippen molar-refractivity contribution in [3.05, 3.63) is 11.3 Å². The fourth-order valence-corrected chi connectivity index (χ4v) is 2.94. The van der Waals surface area contributed by atoms with Gasteiger partial charge in [0.25, 0.3) is 0 Å². The van der Waals surface area contributed by atoms with Gasteiger partial charge in [-0.05, 0) is 38.5 Å². The van der Waals surface area contributed by atoms with Gasteiger partial charge in [0, 0.05) is 37.8 Å². The summed E-state index contributed by atoms with van der Waals surface area (Å²) in [6.07, 6.45) is 5.54. The Bertz CT molecular complexity index is 469. The molecule has 1 heterocycles. The summed E-state index contributed by atoms with van der Waals surface area (Å²) in [4.78, 5) is 2.65. The lowest BCUT2D eigenvalue weighted by Gasteiger charge is -2.26. The van der Waals surface area contributed by atoms with Crippen molar-refractivity contribution in [2.24, 2.45) is 13.0 Å². The molecule has 0 bridgehead atoms. The maximum atomic E-state index is 4.68. The molecule has 2 saturated carbocycles. The van der Waals surface area contributed by atoms with E-state index in [1.807, 2.05) is 0 Å². The molecule has 3 rings (SSSR count). The van der Waals surface area contributed by atoms with Crippen LogP contribution in [0.25, 0.3) is 0 Å². The molecule has 112 valence electrons. The molecular weight excluding hydrogens is 248 g/mol. The first-order valence-corrected chi connectivity index (χ1v) is 8.08. The van der Waals surface area contributed by atoms with Crippen LogP contribution in [0.4, 0.5) is 5.82 Å². The number of nitrogens with zero attached hydrogens (tertiary/aromatic N) is 3. The highest BCUT2D eigenvalue weighted by Gasteiger charge is 2.36. The molecule has 0 spiro atoms. The molecule has 0 radical (unpaired) electrons. The molecule has 2 aliphatic rings. The number of aromatic nitrogens is 2. The van der Waals surface area contributed by atoms with Crippen molar-refractivity contribution >= 4 is 5.82 Å². The van der Waals surface area contributed by atoms with E-state index in [1.165, 1.54) is 49.3 Å². The van der Waals surface area contributed by atoms with Gasteiger partial charge in [0.05, 0.1) is 5.69 Å². The van der Waals surface area contributed by atoms with Crippen molar-refractivity contribution in [1.82, 2.24) is 15.1 Å². The molecule has 1 aromatic rings. The van der Waals surface area contributed by atoms with Crippen molar-refractivity contribution in [3.8, 4) is 0 Å². The van der Waals surface area contributed by atoms with Gasteiger partial charge in [-0.1, -0.05) is 13.8 Å². The predicted molar refractivity (Wildman–Crippen MR) is 83.0 cm³/mol. The van der Waals surface area contributed by atoms with Crippen LogP contribution >= 0.6 is 0 Å². The molecule has 4 heteroatoms. The van der Waals surface area contributed by atoms with Gasteiger partial charge in [-0.2, -0.15) is 5.10 Å². The number of anilines is 1. The van der Waals surface area contributed by atoms with Gasteiger partial charge in [-0.15, -0.1) is 0 Å². The number of hydrogen-bond donors (Lipinski definition) is 1. The molecule has 0 aromatic carbocycles. The van der Waals surface area contributed by atoms with Crippen molar-refractivity contribution in [3.63, 3.8) is 0 Å². The summed E-state index contributed by atoms with van der Waals surface area (Å²) in [6.45, 7) is 8.71. The van der Waals surface area contributed by atoms with Crippen molar-refractivity contribution in [1.29, 1.82) is 0 Å².